The number of pyridine rings is 1. The van der Waals surface area contributed by atoms with Gasteiger partial charge in [0.05, 0.1) is 29.8 Å². The lowest BCUT2D eigenvalue weighted by Gasteiger charge is -2.36. The molecule has 1 aliphatic carbocycles. The van der Waals surface area contributed by atoms with E-state index in [2.05, 4.69) is 41.9 Å². The average molecular weight is 230 g/mol. The summed E-state index contributed by atoms with van der Waals surface area (Å²) < 4.78 is 5.75. The lowest BCUT2D eigenvalue weighted by molar-refractivity contribution is -0.00523. The molecule has 2 atom stereocenters. The summed E-state index contributed by atoms with van der Waals surface area (Å²) in [4.78, 5) is 6.91. The molecule has 0 bridgehead atoms. The summed E-state index contributed by atoms with van der Waals surface area (Å²) in [7, 11) is 0. The molecule has 0 N–H and O–H groups in total. The molecule has 1 fully saturated rings. The third-order valence-corrected chi connectivity index (χ3v) is 3.38. The second kappa shape index (κ2) is 4.15. The second-order valence-electron chi connectivity index (χ2n) is 5.00. The van der Waals surface area contributed by atoms with Gasteiger partial charge in [-0.1, -0.05) is 12.2 Å². The zero-order chi connectivity index (χ0) is 11.8. The number of rotatable bonds is 1. The van der Waals surface area contributed by atoms with E-state index in [9.17, 15) is 0 Å². The molecule has 0 unspecified atom stereocenters. The summed E-state index contributed by atoms with van der Waals surface area (Å²) in [5.74, 6) is 0. The van der Waals surface area contributed by atoms with Gasteiger partial charge in [0.15, 0.2) is 0 Å². The Kier molecular flexibility index (Phi) is 2.63. The number of hydrogen-bond acceptors (Lipinski definition) is 3. The normalized spacial score (nSPS) is 27.3. The van der Waals surface area contributed by atoms with E-state index in [-0.39, 0.29) is 0 Å². The minimum atomic E-state index is 0.294. The molecule has 0 aromatic carbocycles. The van der Waals surface area contributed by atoms with Crippen LogP contribution in [0.1, 0.15) is 25.1 Å². The number of hydrogen-bond donors (Lipinski definition) is 0. The van der Waals surface area contributed by atoms with Crippen LogP contribution in [0.4, 0.5) is 5.69 Å². The lowest BCUT2D eigenvalue weighted by atomic mass is 10.1. The first-order valence-corrected chi connectivity index (χ1v) is 6.28. The van der Waals surface area contributed by atoms with Crippen molar-refractivity contribution >= 4 is 11.8 Å². The van der Waals surface area contributed by atoms with Crippen molar-refractivity contribution < 1.29 is 4.74 Å². The molecule has 2 heterocycles. The number of allylic oxidation sites excluding steroid dienone is 1. The van der Waals surface area contributed by atoms with Gasteiger partial charge >= 0.3 is 0 Å². The second-order valence-corrected chi connectivity index (χ2v) is 5.00. The van der Waals surface area contributed by atoms with Crippen LogP contribution >= 0.6 is 0 Å². The van der Waals surface area contributed by atoms with Crippen LogP contribution in [0.2, 0.25) is 0 Å². The summed E-state index contributed by atoms with van der Waals surface area (Å²) in [6, 6.07) is 2.25. The predicted molar refractivity (Wildman–Crippen MR) is 69.2 cm³/mol. The molecule has 1 aromatic heterocycles. The third-order valence-electron chi connectivity index (χ3n) is 3.38. The lowest BCUT2D eigenvalue weighted by Crippen LogP contribution is -2.45. The van der Waals surface area contributed by atoms with Crippen LogP contribution in [0.25, 0.3) is 6.08 Å². The van der Waals surface area contributed by atoms with Crippen LogP contribution in [0.5, 0.6) is 0 Å². The van der Waals surface area contributed by atoms with E-state index in [1.54, 1.807) is 0 Å². The Morgan fingerprint density at radius 2 is 2.06 bits per heavy atom. The molecule has 0 saturated carbocycles. The first kappa shape index (κ1) is 10.8. The summed E-state index contributed by atoms with van der Waals surface area (Å²) in [6.45, 7) is 6.16. The maximum Gasteiger partial charge on any atom is 0.0726 e. The predicted octanol–water partition coefficient (Wildman–Crippen LogP) is 2.26. The van der Waals surface area contributed by atoms with Crippen molar-refractivity contribution in [2.45, 2.75) is 32.5 Å². The van der Waals surface area contributed by atoms with E-state index in [0.29, 0.717) is 12.2 Å². The van der Waals surface area contributed by atoms with Gasteiger partial charge in [-0.15, -0.1) is 0 Å². The molecule has 0 spiro atoms. The fraction of sp³-hybridized carbons (Fsp3) is 0.500. The van der Waals surface area contributed by atoms with Crippen LogP contribution < -0.4 is 4.90 Å². The van der Waals surface area contributed by atoms with Crippen molar-refractivity contribution in [1.82, 2.24) is 4.98 Å². The zero-order valence-electron chi connectivity index (χ0n) is 10.4. The molecule has 1 saturated heterocycles. The smallest absolute Gasteiger partial charge is 0.0726 e. The fourth-order valence-electron chi connectivity index (χ4n) is 2.67. The molecule has 1 aromatic rings. The van der Waals surface area contributed by atoms with Crippen molar-refractivity contribution in [3.05, 3.63) is 29.6 Å². The summed E-state index contributed by atoms with van der Waals surface area (Å²) >= 11 is 0. The van der Waals surface area contributed by atoms with Crippen molar-refractivity contribution in [3.63, 3.8) is 0 Å². The van der Waals surface area contributed by atoms with Crippen molar-refractivity contribution in [2.75, 3.05) is 18.0 Å². The standard InChI is InChI=1S/C14H18N2O/c1-10-8-16(9-11(2)17-10)13-6-12-4-3-5-14(12)15-7-13/h3-4,6-7,10-11H,5,8-9H2,1-2H3/t10-,11+. The molecule has 3 nitrogen and oxygen atoms in total. The highest BCUT2D eigenvalue weighted by molar-refractivity contribution is 5.63. The minimum absolute atomic E-state index is 0.294. The third kappa shape index (κ3) is 2.07. The minimum Gasteiger partial charge on any atom is -0.372 e. The number of anilines is 1. The highest BCUT2D eigenvalue weighted by atomic mass is 16.5. The summed E-state index contributed by atoms with van der Waals surface area (Å²) in [5, 5.41) is 0. The van der Waals surface area contributed by atoms with Gasteiger partial charge in [-0.05, 0) is 25.5 Å². The molecule has 17 heavy (non-hydrogen) atoms. The highest BCUT2D eigenvalue weighted by Crippen LogP contribution is 2.25. The topological polar surface area (TPSA) is 25.4 Å². The van der Waals surface area contributed by atoms with Crippen LogP contribution in [0.15, 0.2) is 18.3 Å². The van der Waals surface area contributed by atoms with Crippen LogP contribution in [-0.2, 0) is 11.2 Å². The van der Waals surface area contributed by atoms with Crippen LogP contribution in [0, 0.1) is 0 Å². The van der Waals surface area contributed by atoms with E-state index in [4.69, 9.17) is 4.74 Å². The molecule has 3 heteroatoms. The van der Waals surface area contributed by atoms with E-state index in [1.807, 2.05) is 6.20 Å². The Morgan fingerprint density at radius 3 is 2.82 bits per heavy atom. The van der Waals surface area contributed by atoms with E-state index < -0.39 is 0 Å². The zero-order valence-corrected chi connectivity index (χ0v) is 10.4. The average Bonchev–Trinajstić information content (AvgIpc) is 2.74. The Bertz CT molecular complexity index is 446. The van der Waals surface area contributed by atoms with Crippen molar-refractivity contribution in [2.24, 2.45) is 0 Å². The number of fused-ring (bicyclic) bond motifs is 1. The van der Waals surface area contributed by atoms with Gasteiger partial charge in [0.25, 0.3) is 0 Å². The molecular formula is C14H18N2O. The van der Waals surface area contributed by atoms with Crippen LogP contribution in [0.3, 0.4) is 0 Å². The summed E-state index contributed by atoms with van der Waals surface area (Å²) in [6.07, 6.45) is 7.90. The molecule has 2 aliphatic rings. The number of morpholine rings is 1. The monoisotopic (exact) mass is 230 g/mol. The quantitative estimate of drug-likeness (QED) is 0.740. The SMILES string of the molecule is C[C@@H]1CN(c2cnc3c(c2)C=CC3)C[C@H](C)O1. The fourth-order valence-corrected chi connectivity index (χ4v) is 2.67. The van der Waals surface area contributed by atoms with E-state index >= 15 is 0 Å². The van der Waals surface area contributed by atoms with E-state index in [1.165, 1.54) is 16.9 Å². The first-order chi connectivity index (χ1) is 8.22. The van der Waals surface area contributed by atoms with Gasteiger partial charge < -0.3 is 9.64 Å². The van der Waals surface area contributed by atoms with Gasteiger partial charge in [-0.3, -0.25) is 4.98 Å². The van der Waals surface area contributed by atoms with Crippen molar-refractivity contribution in [1.29, 1.82) is 0 Å². The largest absolute Gasteiger partial charge is 0.372 e. The van der Waals surface area contributed by atoms with Crippen LogP contribution in [-0.4, -0.2) is 30.3 Å². The van der Waals surface area contributed by atoms with Gasteiger partial charge in [0.1, 0.15) is 0 Å². The molecule has 3 rings (SSSR count). The van der Waals surface area contributed by atoms with E-state index in [0.717, 1.165) is 19.5 Å². The van der Waals surface area contributed by atoms with Gasteiger partial charge in [0, 0.05) is 19.5 Å². The summed E-state index contributed by atoms with van der Waals surface area (Å²) in [5.41, 5.74) is 3.69. The molecule has 0 radical (unpaired) electrons. The highest BCUT2D eigenvalue weighted by Gasteiger charge is 2.23. The molecule has 90 valence electrons. The maximum atomic E-state index is 5.75. The Balaban J connectivity index is 1.86. The van der Waals surface area contributed by atoms with Gasteiger partial charge in [-0.2, -0.15) is 0 Å². The number of ether oxygens (including phenoxy) is 1. The van der Waals surface area contributed by atoms with Crippen molar-refractivity contribution in [3.8, 4) is 0 Å². The Hall–Kier alpha value is -1.35. The Morgan fingerprint density at radius 1 is 1.29 bits per heavy atom. The number of nitrogens with zero attached hydrogens (tertiary/aromatic N) is 2. The maximum absolute atomic E-state index is 5.75. The molecular weight excluding hydrogens is 212 g/mol. The Labute approximate surface area is 102 Å². The molecule has 0 amide bonds. The molecule has 1 aliphatic heterocycles. The first-order valence-electron chi connectivity index (χ1n) is 6.28. The number of aromatic nitrogens is 1. The van der Waals surface area contributed by atoms with Gasteiger partial charge in [0.2, 0.25) is 0 Å². The van der Waals surface area contributed by atoms with Gasteiger partial charge in [-0.25, -0.2) is 0 Å².